The van der Waals surface area contributed by atoms with Crippen LogP contribution in [0.1, 0.15) is 46.6 Å². The number of benzene rings is 1. The van der Waals surface area contributed by atoms with Crippen LogP contribution in [0.3, 0.4) is 0 Å². The summed E-state index contributed by atoms with van der Waals surface area (Å²) in [6, 6.07) is 6.75. The van der Waals surface area contributed by atoms with Crippen LogP contribution in [0.15, 0.2) is 24.3 Å². The van der Waals surface area contributed by atoms with Gasteiger partial charge >= 0.3 is 12.1 Å². The maximum absolute atomic E-state index is 12.8. The Morgan fingerprint density at radius 1 is 1.11 bits per heavy atom. The number of alkyl halides is 1. The highest BCUT2D eigenvalue weighted by molar-refractivity contribution is 9.09. The molecule has 1 amide bonds. The molecule has 0 radical (unpaired) electrons. The summed E-state index contributed by atoms with van der Waals surface area (Å²) in [7, 11) is 0. The third-order valence-corrected chi connectivity index (χ3v) is 4.32. The Balaban J connectivity index is 3.10. The minimum atomic E-state index is -0.758. The van der Waals surface area contributed by atoms with Gasteiger partial charge < -0.3 is 14.2 Å². The fourth-order valence-corrected chi connectivity index (χ4v) is 2.85. The van der Waals surface area contributed by atoms with Gasteiger partial charge in [-0.1, -0.05) is 28.1 Å². The second-order valence-corrected chi connectivity index (χ2v) is 8.06. The van der Waals surface area contributed by atoms with Gasteiger partial charge in [-0.05, 0) is 58.7 Å². The Kier molecular flexibility index (Phi) is 10.4. The molecule has 0 aliphatic carbocycles. The number of hydrogen-bond acceptors (Lipinski definition) is 5. The topological polar surface area (TPSA) is 65.1 Å². The van der Waals surface area contributed by atoms with Gasteiger partial charge in [0.15, 0.2) is 0 Å². The smallest absolute Gasteiger partial charge is 0.411 e. The van der Waals surface area contributed by atoms with E-state index in [-0.39, 0.29) is 6.61 Å². The van der Waals surface area contributed by atoms with Gasteiger partial charge in [-0.25, -0.2) is 9.59 Å². The molecule has 0 heterocycles. The minimum Gasteiger partial charge on any atom is -0.494 e. The largest absolute Gasteiger partial charge is 0.494 e. The van der Waals surface area contributed by atoms with E-state index in [1.165, 1.54) is 4.90 Å². The van der Waals surface area contributed by atoms with Gasteiger partial charge in [0, 0.05) is 18.3 Å². The lowest BCUT2D eigenvalue weighted by atomic mass is 10.0. The highest BCUT2D eigenvalue weighted by Crippen LogP contribution is 2.19. The van der Waals surface area contributed by atoms with Crippen LogP contribution >= 0.6 is 15.9 Å². The van der Waals surface area contributed by atoms with Crippen molar-refractivity contribution in [3.8, 4) is 5.75 Å². The quantitative estimate of drug-likeness (QED) is 0.379. The van der Waals surface area contributed by atoms with Gasteiger partial charge in [0.1, 0.15) is 17.4 Å². The molecule has 1 aromatic carbocycles. The number of esters is 1. The summed E-state index contributed by atoms with van der Waals surface area (Å²) < 4.78 is 16.3. The van der Waals surface area contributed by atoms with Crippen molar-refractivity contribution in [2.45, 2.75) is 59.1 Å². The van der Waals surface area contributed by atoms with Crippen molar-refractivity contribution in [1.82, 2.24) is 4.90 Å². The number of nitrogens with zero attached hydrogens (tertiary/aromatic N) is 1. The van der Waals surface area contributed by atoms with Crippen LogP contribution in [0.5, 0.6) is 5.75 Å². The Hall–Kier alpha value is -1.76. The predicted octanol–water partition coefficient (Wildman–Crippen LogP) is 4.58. The Labute approximate surface area is 176 Å². The lowest BCUT2D eigenvalue weighted by Gasteiger charge is -2.32. The number of amides is 1. The van der Waals surface area contributed by atoms with E-state index >= 15 is 0 Å². The van der Waals surface area contributed by atoms with Gasteiger partial charge in [-0.15, -0.1) is 0 Å². The molecular weight excluding hydrogens is 426 g/mol. The summed E-state index contributed by atoms with van der Waals surface area (Å²) in [4.78, 5) is 27.0. The molecule has 0 aromatic heterocycles. The fourth-order valence-electron chi connectivity index (χ4n) is 2.60. The zero-order valence-electron chi connectivity index (χ0n) is 17.5. The average molecular weight is 458 g/mol. The number of rotatable bonds is 10. The molecule has 0 spiro atoms. The molecule has 0 unspecified atom stereocenters. The number of hydrogen-bond donors (Lipinski definition) is 0. The molecule has 0 N–H and O–H groups in total. The van der Waals surface area contributed by atoms with E-state index in [1.807, 2.05) is 31.2 Å². The SMILES string of the molecule is CCOC(=O)[C@H](Cc1ccc(OCC)cc1)N(CCCBr)C(=O)OC(C)(C)C. The Bertz CT molecular complexity index is 612. The molecule has 0 aliphatic heterocycles. The highest BCUT2D eigenvalue weighted by atomic mass is 79.9. The first kappa shape index (κ1) is 24.3. The molecule has 0 saturated carbocycles. The predicted molar refractivity (Wildman–Crippen MR) is 113 cm³/mol. The normalized spacial score (nSPS) is 12.2. The van der Waals surface area contributed by atoms with Gasteiger partial charge in [0.25, 0.3) is 0 Å². The summed E-state index contributed by atoms with van der Waals surface area (Å²) >= 11 is 3.39. The summed E-state index contributed by atoms with van der Waals surface area (Å²) in [6.07, 6.45) is 0.517. The van der Waals surface area contributed by atoms with Crippen molar-refractivity contribution < 1.29 is 23.8 Å². The second-order valence-electron chi connectivity index (χ2n) is 7.27. The lowest BCUT2D eigenvalue weighted by Crippen LogP contribution is -2.49. The first-order chi connectivity index (χ1) is 13.2. The number of carbonyl (C=O) groups excluding carboxylic acids is 2. The van der Waals surface area contributed by atoms with Crippen molar-refractivity contribution in [2.75, 3.05) is 25.1 Å². The zero-order valence-corrected chi connectivity index (χ0v) is 19.1. The fraction of sp³-hybridized carbons (Fsp3) is 0.619. The van der Waals surface area contributed by atoms with Gasteiger partial charge in [0.05, 0.1) is 13.2 Å². The van der Waals surface area contributed by atoms with Gasteiger partial charge in [-0.2, -0.15) is 0 Å². The number of carbonyl (C=O) groups is 2. The average Bonchev–Trinajstić information content (AvgIpc) is 2.61. The second kappa shape index (κ2) is 11.9. The standard InChI is InChI=1S/C21H32BrNO5/c1-6-26-17-11-9-16(10-12-17)15-18(19(24)27-7-2)23(14-8-13-22)20(25)28-21(3,4)5/h9-12,18H,6-8,13-15H2,1-5H3/t18-/m0/s1. The van der Waals surface area contributed by atoms with Crippen molar-refractivity contribution in [2.24, 2.45) is 0 Å². The van der Waals surface area contributed by atoms with E-state index in [4.69, 9.17) is 14.2 Å². The molecule has 1 atom stereocenters. The van der Waals surface area contributed by atoms with E-state index < -0.39 is 23.7 Å². The molecular formula is C21H32BrNO5. The van der Waals surface area contributed by atoms with Crippen LogP contribution in [0.4, 0.5) is 4.79 Å². The van der Waals surface area contributed by atoms with Crippen molar-refractivity contribution >= 4 is 28.0 Å². The van der Waals surface area contributed by atoms with Crippen LogP contribution in [-0.4, -0.2) is 53.7 Å². The van der Waals surface area contributed by atoms with Crippen LogP contribution in [0, 0.1) is 0 Å². The third kappa shape index (κ3) is 8.50. The molecule has 0 fully saturated rings. The van der Waals surface area contributed by atoms with Crippen LogP contribution in [-0.2, 0) is 20.7 Å². The highest BCUT2D eigenvalue weighted by Gasteiger charge is 2.33. The van der Waals surface area contributed by atoms with Gasteiger partial charge in [-0.3, -0.25) is 4.90 Å². The van der Waals surface area contributed by atoms with E-state index in [0.29, 0.717) is 31.3 Å². The zero-order chi connectivity index (χ0) is 21.2. The van der Waals surface area contributed by atoms with E-state index in [2.05, 4.69) is 15.9 Å². The number of halogens is 1. The van der Waals surface area contributed by atoms with Crippen molar-refractivity contribution in [3.05, 3.63) is 29.8 Å². The maximum atomic E-state index is 12.8. The molecule has 28 heavy (non-hydrogen) atoms. The molecule has 158 valence electrons. The summed E-state index contributed by atoms with van der Waals surface area (Å²) in [5.74, 6) is 0.332. The van der Waals surface area contributed by atoms with Crippen molar-refractivity contribution in [1.29, 1.82) is 0 Å². The Morgan fingerprint density at radius 3 is 2.25 bits per heavy atom. The first-order valence-electron chi connectivity index (χ1n) is 9.65. The third-order valence-electron chi connectivity index (χ3n) is 3.76. The minimum absolute atomic E-state index is 0.249. The summed E-state index contributed by atoms with van der Waals surface area (Å²) in [6.45, 7) is 10.3. The van der Waals surface area contributed by atoms with Crippen LogP contribution < -0.4 is 4.74 Å². The van der Waals surface area contributed by atoms with Crippen LogP contribution in [0.2, 0.25) is 0 Å². The van der Waals surface area contributed by atoms with Crippen LogP contribution in [0.25, 0.3) is 0 Å². The van der Waals surface area contributed by atoms with E-state index in [9.17, 15) is 9.59 Å². The van der Waals surface area contributed by atoms with E-state index in [1.54, 1.807) is 27.7 Å². The maximum Gasteiger partial charge on any atom is 0.411 e. The van der Waals surface area contributed by atoms with Gasteiger partial charge in [0.2, 0.25) is 0 Å². The lowest BCUT2D eigenvalue weighted by molar-refractivity contribution is -0.149. The molecule has 1 aromatic rings. The summed E-state index contributed by atoms with van der Waals surface area (Å²) in [5.41, 5.74) is 0.260. The molecule has 7 heteroatoms. The molecule has 0 saturated heterocycles. The molecule has 0 bridgehead atoms. The first-order valence-corrected chi connectivity index (χ1v) is 10.8. The molecule has 1 rings (SSSR count). The molecule has 0 aliphatic rings. The van der Waals surface area contributed by atoms with E-state index in [0.717, 1.165) is 11.3 Å². The molecule has 6 nitrogen and oxygen atoms in total. The Morgan fingerprint density at radius 2 is 1.75 bits per heavy atom. The monoisotopic (exact) mass is 457 g/mol. The van der Waals surface area contributed by atoms with Crippen molar-refractivity contribution in [3.63, 3.8) is 0 Å². The summed E-state index contributed by atoms with van der Waals surface area (Å²) in [5, 5.41) is 0.713. The number of ether oxygens (including phenoxy) is 3.